The molecule has 0 radical (unpaired) electrons. The van der Waals surface area contributed by atoms with Crippen LogP contribution in [0.2, 0.25) is 0 Å². The summed E-state index contributed by atoms with van der Waals surface area (Å²) in [5.41, 5.74) is -0.133. The Bertz CT molecular complexity index is 1410. The Labute approximate surface area is 238 Å². The van der Waals surface area contributed by atoms with Crippen LogP contribution in [0.15, 0.2) is 36.7 Å². The number of nitrogens with zero attached hydrogens (tertiary/aromatic N) is 5. The Balaban J connectivity index is 1.99. The molecule has 3 aromatic rings. The lowest BCUT2D eigenvalue weighted by Crippen LogP contribution is -2.45. The van der Waals surface area contributed by atoms with E-state index >= 15 is 0 Å². The molecule has 3 rings (SSSR count). The molecule has 0 saturated heterocycles. The highest BCUT2D eigenvalue weighted by atomic mass is 16.6. The predicted octanol–water partition coefficient (Wildman–Crippen LogP) is 3.86. The third-order valence-corrected chi connectivity index (χ3v) is 5.57. The summed E-state index contributed by atoms with van der Waals surface area (Å²) in [7, 11) is 1.22. The number of methoxy groups -OCH3 is 1. The first-order valence-electron chi connectivity index (χ1n) is 13.0. The van der Waals surface area contributed by atoms with Crippen molar-refractivity contribution in [2.24, 2.45) is 0 Å². The standard InChI is InChI=1S/C28H37N5O8/c1-27(2,3)40-25(37)31(14-15-34)12-13-32(26(38)41-28(4,5)6)22-10-11-33-23(30-22)20(17-29-33)18-8-9-19(21(35)16-18)24(36)39-7/h8-11,16-17,34-35H,12-15H2,1-7H3. The molecule has 0 aliphatic carbocycles. The molecule has 0 aliphatic heterocycles. The van der Waals surface area contributed by atoms with Crippen molar-refractivity contribution in [3.8, 4) is 16.9 Å². The summed E-state index contributed by atoms with van der Waals surface area (Å²) in [6, 6.07) is 6.03. The summed E-state index contributed by atoms with van der Waals surface area (Å²) < 4.78 is 17.3. The van der Waals surface area contributed by atoms with Gasteiger partial charge in [-0.05, 0) is 65.3 Å². The average Bonchev–Trinajstić information content (AvgIpc) is 3.29. The Morgan fingerprint density at radius 2 is 1.61 bits per heavy atom. The van der Waals surface area contributed by atoms with Crippen molar-refractivity contribution >= 4 is 29.6 Å². The van der Waals surface area contributed by atoms with E-state index in [4.69, 9.17) is 9.47 Å². The van der Waals surface area contributed by atoms with Crippen LogP contribution in [0.4, 0.5) is 15.4 Å². The zero-order valence-electron chi connectivity index (χ0n) is 24.4. The molecule has 0 saturated carbocycles. The molecule has 0 unspecified atom stereocenters. The highest BCUT2D eigenvalue weighted by molar-refractivity contribution is 5.94. The number of ether oxygens (including phenoxy) is 3. The first kappa shape index (κ1) is 31.1. The van der Waals surface area contributed by atoms with Gasteiger partial charge in [0, 0.05) is 31.4 Å². The van der Waals surface area contributed by atoms with E-state index in [2.05, 4.69) is 14.8 Å². The Hall–Kier alpha value is -4.39. The van der Waals surface area contributed by atoms with Gasteiger partial charge in [0.05, 0.1) is 19.9 Å². The fourth-order valence-corrected chi connectivity index (χ4v) is 3.77. The number of aliphatic hydroxyl groups is 1. The molecule has 0 spiro atoms. The average molecular weight is 572 g/mol. The molecule has 0 aliphatic rings. The molecule has 41 heavy (non-hydrogen) atoms. The first-order chi connectivity index (χ1) is 19.1. The lowest BCUT2D eigenvalue weighted by Gasteiger charge is -2.30. The van der Waals surface area contributed by atoms with Gasteiger partial charge in [-0.15, -0.1) is 0 Å². The normalized spacial score (nSPS) is 11.7. The number of phenolic OH excluding ortho intramolecular Hbond substituents is 1. The van der Waals surface area contributed by atoms with Crippen LogP contribution in [0, 0.1) is 0 Å². The number of amides is 2. The number of hydrogen-bond donors (Lipinski definition) is 2. The maximum Gasteiger partial charge on any atom is 0.416 e. The number of carbonyl (C=O) groups is 3. The number of fused-ring (bicyclic) bond motifs is 1. The monoisotopic (exact) mass is 571 g/mol. The summed E-state index contributed by atoms with van der Waals surface area (Å²) in [6.07, 6.45) is 1.83. The van der Waals surface area contributed by atoms with Gasteiger partial charge in [0.15, 0.2) is 5.65 Å². The van der Waals surface area contributed by atoms with Gasteiger partial charge in [-0.2, -0.15) is 5.10 Å². The summed E-state index contributed by atoms with van der Waals surface area (Å²) in [4.78, 5) is 45.2. The maximum absolute atomic E-state index is 13.3. The molecular formula is C28H37N5O8. The molecule has 0 atom stereocenters. The number of esters is 1. The van der Waals surface area contributed by atoms with Crippen molar-refractivity contribution < 1.29 is 38.8 Å². The van der Waals surface area contributed by atoms with Gasteiger partial charge < -0.3 is 29.3 Å². The van der Waals surface area contributed by atoms with E-state index in [0.29, 0.717) is 16.8 Å². The van der Waals surface area contributed by atoms with Crippen molar-refractivity contribution in [2.75, 3.05) is 38.3 Å². The number of phenols is 1. The quantitative estimate of drug-likeness (QED) is 0.301. The van der Waals surface area contributed by atoms with Crippen LogP contribution in [0.1, 0.15) is 51.9 Å². The SMILES string of the molecule is COC(=O)c1ccc(-c2cnn3ccc(N(CCN(CCO)C(=O)OC(C)(C)C)C(=O)OC(C)(C)C)nc23)cc1O. The molecule has 2 aromatic heterocycles. The van der Waals surface area contributed by atoms with E-state index in [1.165, 1.54) is 33.6 Å². The van der Waals surface area contributed by atoms with Crippen molar-refractivity contribution in [3.63, 3.8) is 0 Å². The zero-order valence-corrected chi connectivity index (χ0v) is 24.4. The van der Waals surface area contributed by atoms with Crippen LogP contribution in [-0.4, -0.2) is 92.4 Å². The lowest BCUT2D eigenvalue weighted by atomic mass is 10.1. The zero-order chi connectivity index (χ0) is 30.5. The van der Waals surface area contributed by atoms with E-state index in [9.17, 15) is 24.6 Å². The first-order valence-corrected chi connectivity index (χ1v) is 13.0. The van der Waals surface area contributed by atoms with Gasteiger partial charge in [0.1, 0.15) is 28.3 Å². The second kappa shape index (κ2) is 12.4. The van der Waals surface area contributed by atoms with Crippen LogP contribution in [-0.2, 0) is 14.2 Å². The van der Waals surface area contributed by atoms with Crippen LogP contribution >= 0.6 is 0 Å². The van der Waals surface area contributed by atoms with E-state index < -0.39 is 29.4 Å². The van der Waals surface area contributed by atoms with Gasteiger partial charge in [-0.25, -0.2) is 23.9 Å². The second-order valence-corrected chi connectivity index (χ2v) is 11.2. The smallest absolute Gasteiger partial charge is 0.416 e. The molecule has 0 fully saturated rings. The van der Waals surface area contributed by atoms with E-state index in [-0.39, 0.29) is 43.4 Å². The summed E-state index contributed by atoms with van der Waals surface area (Å²) in [5.74, 6) is -0.729. The molecule has 222 valence electrons. The van der Waals surface area contributed by atoms with Crippen molar-refractivity contribution in [2.45, 2.75) is 52.7 Å². The number of aromatic nitrogens is 3. The number of rotatable bonds is 8. The van der Waals surface area contributed by atoms with Crippen molar-refractivity contribution in [3.05, 3.63) is 42.2 Å². The number of aromatic hydroxyl groups is 1. The number of benzene rings is 1. The summed E-state index contributed by atoms with van der Waals surface area (Å²) in [5, 5.41) is 24.2. The fourth-order valence-electron chi connectivity index (χ4n) is 3.77. The van der Waals surface area contributed by atoms with Crippen LogP contribution in [0.5, 0.6) is 5.75 Å². The molecule has 2 amide bonds. The minimum absolute atomic E-state index is 0.00136. The van der Waals surface area contributed by atoms with E-state index in [0.717, 1.165) is 0 Å². The number of carbonyl (C=O) groups excluding carboxylic acids is 3. The third kappa shape index (κ3) is 8.07. The fraction of sp³-hybridized carbons (Fsp3) is 0.464. The topological polar surface area (TPSA) is 156 Å². The van der Waals surface area contributed by atoms with Gasteiger partial charge in [0.25, 0.3) is 0 Å². The molecule has 13 nitrogen and oxygen atoms in total. The van der Waals surface area contributed by atoms with Gasteiger partial charge in [0.2, 0.25) is 0 Å². The Morgan fingerprint density at radius 1 is 0.951 bits per heavy atom. The van der Waals surface area contributed by atoms with E-state index in [1.54, 1.807) is 66.1 Å². The van der Waals surface area contributed by atoms with Crippen LogP contribution in [0.3, 0.4) is 0 Å². The number of anilines is 1. The van der Waals surface area contributed by atoms with Crippen LogP contribution < -0.4 is 4.90 Å². The Morgan fingerprint density at radius 3 is 2.20 bits per heavy atom. The summed E-state index contributed by atoms with van der Waals surface area (Å²) in [6.45, 7) is 10.1. The number of aliphatic hydroxyl groups excluding tert-OH is 1. The highest BCUT2D eigenvalue weighted by Crippen LogP contribution is 2.30. The molecule has 13 heteroatoms. The maximum atomic E-state index is 13.3. The summed E-state index contributed by atoms with van der Waals surface area (Å²) >= 11 is 0. The largest absolute Gasteiger partial charge is 0.507 e. The predicted molar refractivity (Wildman–Crippen MR) is 150 cm³/mol. The third-order valence-electron chi connectivity index (χ3n) is 5.57. The highest BCUT2D eigenvalue weighted by Gasteiger charge is 2.28. The van der Waals surface area contributed by atoms with Crippen molar-refractivity contribution in [1.29, 1.82) is 0 Å². The molecule has 2 N–H and O–H groups in total. The molecule has 2 heterocycles. The molecule has 0 bridgehead atoms. The second-order valence-electron chi connectivity index (χ2n) is 11.2. The van der Waals surface area contributed by atoms with Gasteiger partial charge in [-0.3, -0.25) is 4.90 Å². The minimum atomic E-state index is -0.809. The van der Waals surface area contributed by atoms with E-state index in [1.807, 2.05) is 0 Å². The van der Waals surface area contributed by atoms with Gasteiger partial charge >= 0.3 is 18.2 Å². The van der Waals surface area contributed by atoms with Crippen molar-refractivity contribution in [1.82, 2.24) is 19.5 Å². The minimum Gasteiger partial charge on any atom is -0.507 e. The van der Waals surface area contributed by atoms with Crippen LogP contribution in [0.25, 0.3) is 16.8 Å². The number of hydrogen-bond acceptors (Lipinski definition) is 10. The molecular weight excluding hydrogens is 534 g/mol. The molecule has 1 aromatic carbocycles. The Kier molecular flexibility index (Phi) is 9.43. The lowest BCUT2D eigenvalue weighted by molar-refractivity contribution is 0.0218. The van der Waals surface area contributed by atoms with Gasteiger partial charge in [-0.1, -0.05) is 6.07 Å².